The molecule has 0 spiro atoms. The van der Waals surface area contributed by atoms with Gasteiger partial charge in [0.1, 0.15) is 17.7 Å². The van der Waals surface area contributed by atoms with Crippen LogP contribution in [0.15, 0.2) is 30.3 Å². The lowest BCUT2D eigenvalue weighted by Gasteiger charge is -2.41. The molecule has 0 radical (unpaired) electrons. The number of amides is 4. The highest BCUT2D eigenvalue weighted by Crippen LogP contribution is 2.50. The van der Waals surface area contributed by atoms with Crippen molar-refractivity contribution < 1.29 is 38.2 Å². The molecule has 322 valence electrons. The predicted octanol–water partition coefficient (Wildman–Crippen LogP) is 4.36. The molecular formula is C44H73N5O8. The fraction of sp³-hybridized carbons (Fsp3) is 0.750. The summed E-state index contributed by atoms with van der Waals surface area (Å²) in [4.78, 5) is 72.9. The number of methoxy groups -OCH3 is 2. The lowest BCUT2D eigenvalue weighted by molar-refractivity contribution is -0.159. The monoisotopic (exact) mass is 800 g/mol. The number of nitrogens with one attached hydrogen (secondary N) is 3. The van der Waals surface area contributed by atoms with E-state index < -0.39 is 53.9 Å². The molecule has 11 atom stereocenters. The van der Waals surface area contributed by atoms with Gasteiger partial charge in [-0.15, -0.1) is 0 Å². The van der Waals surface area contributed by atoms with Crippen molar-refractivity contribution in [3.63, 3.8) is 0 Å². The fourth-order valence-electron chi connectivity index (χ4n) is 8.47. The summed E-state index contributed by atoms with van der Waals surface area (Å²) in [7, 11) is 6.58. The molecule has 2 aliphatic rings. The molecular weight excluding hydrogens is 727 g/mol. The average Bonchev–Trinajstić information content (AvgIpc) is 3.81. The van der Waals surface area contributed by atoms with Crippen LogP contribution in [-0.4, -0.2) is 122 Å². The Morgan fingerprint density at radius 2 is 1.49 bits per heavy atom. The van der Waals surface area contributed by atoms with Crippen LogP contribution in [-0.2, 0) is 44.6 Å². The quantitative estimate of drug-likeness (QED) is 0.154. The topological polar surface area (TPSA) is 156 Å². The molecule has 3 unspecified atom stereocenters. The van der Waals surface area contributed by atoms with E-state index >= 15 is 0 Å². The minimum atomic E-state index is -0.919. The number of carbonyl (C=O) groups excluding carboxylic acids is 5. The molecule has 1 aliphatic heterocycles. The maximum Gasteiger partial charge on any atom is 0.329 e. The van der Waals surface area contributed by atoms with E-state index in [0.29, 0.717) is 12.3 Å². The van der Waals surface area contributed by atoms with Crippen molar-refractivity contribution in [2.45, 2.75) is 155 Å². The van der Waals surface area contributed by atoms with Gasteiger partial charge in [0.25, 0.3) is 0 Å². The van der Waals surface area contributed by atoms with E-state index in [4.69, 9.17) is 14.2 Å². The number of likely N-dealkylation sites (N-methyl/N-ethyl adjacent to an activating group) is 2. The lowest BCUT2D eigenvalue weighted by Crippen LogP contribution is -2.59. The lowest BCUT2D eigenvalue weighted by atomic mass is 9.89. The van der Waals surface area contributed by atoms with Crippen LogP contribution >= 0.6 is 0 Å². The Kier molecular flexibility index (Phi) is 17.6. The van der Waals surface area contributed by atoms with Crippen LogP contribution in [0.3, 0.4) is 0 Å². The molecule has 3 rings (SSSR count). The summed E-state index contributed by atoms with van der Waals surface area (Å²) in [6.07, 6.45) is 1.29. The van der Waals surface area contributed by atoms with Crippen molar-refractivity contribution in [3.05, 3.63) is 35.9 Å². The molecule has 0 bridgehead atoms. The van der Waals surface area contributed by atoms with E-state index in [0.717, 1.165) is 18.4 Å². The van der Waals surface area contributed by atoms with Crippen LogP contribution in [0, 0.1) is 29.6 Å². The van der Waals surface area contributed by atoms with Gasteiger partial charge in [-0.3, -0.25) is 19.2 Å². The molecule has 4 amide bonds. The maximum atomic E-state index is 14.5. The minimum absolute atomic E-state index is 0.0194. The number of hydrogen-bond donors (Lipinski definition) is 3. The fourth-order valence-corrected chi connectivity index (χ4v) is 8.47. The molecule has 2 fully saturated rings. The van der Waals surface area contributed by atoms with Crippen LogP contribution in [0.4, 0.5) is 0 Å². The third-order valence-electron chi connectivity index (χ3n) is 11.9. The van der Waals surface area contributed by atoms with Gasteiger partial charge in [-0.25, -0.2) is 4.79 Å². The summed E-state index contributed by atoms with van der Waals surface area (Å²) in [6, 6.07) is 6.51. The number of esters is 1. The first-order valence-electron chi connectivity index (χ1n) is 20.9. The number of nitrogens with zero attached hydrogens (tertiary/aromatic N) is 2. The number of rotatable bonds is 21. The number of likely N-dealkylation sites (tertiary alicyclic amines) is 1. The second-order valence-electron chi connectivity index (χ2n) is 18.0. The van der Waals surface area contributed by atoms with Gasteiger partial charge >= 0.3 is 5.97 Å². The Balaban J connectivity index is 1.83. The number of piperidine rings is 1. The van der Waals surface area contributed by atoms with E-state index in [-0.39, 0.29) is 66.3 Å². The van der Waals surface area contributed by atoms with Crippen LogP contribution in [0.1, 0.15) is 100 Å². The molecule has 1 aromatic rings. The molecule has 1 aromatic carbocycles. The molecule has 1 heterocycles. The van der Waals surface area contributed by atoms with Crippen LogP contribution in [0.5, 0.6) is 0 Å². The minimum Gasteiger partial charge on any atom is -0.458 e. The van der Waals surface area contributed by atoms with Gasteiger partial charge < -0.3 is 40.0 Å². The predicted molar refractivity (Wildman–Crippen MR) is 221 cm³/mol. The molecule has 13 nitrogen and oxygen atoms in total. The van der Waals surface area contributed by atoms with Crippen molar-refractivity contribution in [2.75, 3.05) is 28.3 Å². The van der Waals surface area contributed by atoms with Gasteiger partial charge in [-0.1, -0.05) is 85.2 Å². The average molecular weight is 800 g/mol. The van der Waals surface area contributed by atoms with Gasteiger partial charge in [0.05, 0.1) is 42.7 Å². The standard InChI is InChI=1S/C44H73N5O8/c1-15-27(6)38(48(12)42(53)37(26(4)5)47-41(52)36(45-11)25(2)3)34(55-13)24-35(50)49-32-22-30(32)23-33(49)39(56-14)28(7)40(51)46-31(43(54)57-44(8,9)10)21-29-19-17-16-18-20-29/h16-20,25-28,30-34,36-39,45H,15,21-24H2,1-14H3,(H,46,51)(H,47,52)/t27-,28+,30-,31?,32-,33-,34+,36?,37?,38-,39+/m0/s1. The van der Waals surface area contributed by atoms with E-state index in [1.54, 1.807) is 60.9 Å². The number of hydrogen-bond acceptors (Lipinski definition) is 9. The molecule has 1 saturated carbocycles. The number of ether oxygens (including phenoxy) is 3. The zero-order valence-electron chi connectivity index (χ0n) is 37.1. The first-order chi connectivity index (χ1) is 26.7. The summed E-state index contributed by atoms with van der Waals surface area (Å²) in [5.74, 6) is -2.09. The first kappa shape index (κ1) is 47.8. The number of fused-ring (bicyclic) bond motifs is 1. The molecule has 57 heavy (non-hydrogen) atoms. The SMILES string of the molecule is CC[C@H](C)[C@@H]([C@@H](CC(=O)N1[C@H]2C[C@H]2C[C@H]1[C@H](OC)[C@@H](C)C(=O)NC(Cc1ccccc1)C(=O)OC(C)(C)C)OC)N(C)C(=O)C(NC(=O)C(NC)C(C)C)C(C)C. The third-order valence-corrected chi connectivity index (χ3v) is 11.9. The van der Waals surface area contributed by atoms with E-state index in [2.05, 4.69) is 16.0 Å². The molecule has 0 aromatic heterocycles. The van der Waals surface area contributed by atoms with Gasteiger partial charge in [0.2, 0.25) is 23.6 Å². The van der Waals surface area contributed by atoms with Crippen LogP contribution < -0.4 is 16.0 Å². The van der Waals surface area contributed by atoms with Crippen LogP contribution in [0.2, 0.25) is 0 Å². The summed E-state index contributed by atoms with van der Waals surface area (Å²) in [6.45, 7) is 18.9. The van der Waals surface area contributed by atoms with E-state index in [1.165, 1.54) is 0 Å². The molecule has 1 saturated heterocycles. The normalized spacial score (nSPS) is 22.0. The zero-order chi connectivity index (χ0) is 42.9. The van der Waals surface area contributed by atoms with Crippen molar-refractivity contribution in [3.8, 4) is 0 Å². The van der Waals surface area contributed by atoms with Crippen molar-refractivity contribution >= 4 is 29.6 Å². The Hall–Kier alpha value is -3.55. The first-order valence-corrected chi connectivity index (χ1v) is 20.9. The Bertz CT molecular complexity index is 1500. The Labute approximate surface area is 342 Å². The molecule has 13 heteroatoms. The summed E-state index contributed by atoms with van der Waals surface area (Å²) < 4.78 is 17.8. The maximum absolute atomic E-state index is 14.5. The van der Waals surface area contributed by atoms with Gasteiger partial charge in [0.15, 0.2) is 0 Å². The van der Waals surface area contributed by atoms with Crippen LogP contribution in [0.25, 0.3) is 0 Å². The number of carbonyl (C=O) groups is 5. The highest BCUT2D eigenvalue weighted by molar-refractivity contribution is 5.90. The van der Waals surface area contributed by atoms with Gasteiger partial charge in [-0.2, -0.15) is 0 Å². The summed E-state index contributed by atoms with van der Waals surface area (Å²) in [5, 5.41) is 9.00. The Morgan fingerprint density at radius 1 is 0.877 bits per heavy atom. The summed E-state index contributed by atoms with van der Waals surface area (Å²) >= 11 is 0. The number of benzene rings is 1. The smallest absolute Gasteiger partial charge is 0.329 e. The van der Waals surface area contributed by atoms with E-state index in [9.17, 15) is 24.0 Å². The second-order valence-corrected chi connectivity index (χ2v) is 18.0. The van der Waals surface area contributed by atoms with Gasteiger partial charge in [-0.05, 0) is 69.9 Å². The molecule has 1 aliphatic carbocycles. The third kappa shape index (κ3) is 12.5. The Morgan fingerprint density at radius 3 is 2.00 bits per heavy atom. The highest BCUT2D eigenvalue weighted by Gasteiger charge is 2.57. The van der Waals surface area contributed by atoms with E-state index in [1.807, 2.05) is 76.8 Å². The zero-order valence-corrected chi connectivity index (χ0v) is 37.1. The molecule has 3 N–H and O–H groups in total. The second kappa shape index (κ2) is 20.9. The van der Waals surface area contributed by atoms with Gasteiger partial charge in [0, 0.05) is 33.7 Å². The van der Waals surface area contributed by atoms with Crippen molar-refractivity contribution in [1.82, 2.24) is 25.8 Å². The highest BCUT2D eigenvalue weighted by atomic mass is 16.6. The van der Waals surface area contributed by atoms with Crippen molar-refractivity contribution in [1.29, 1.82) is 0 Å². The summed E-state index contributed by atoms with van der Waals surface area (Å²) in [5.41, 5.74) is 0.139. The largest absolute Gasteiger partial charge is 0.458 e. The van der Waals surface area contributed by atoms with Crippen molar-refractivity contribution in [2.24, 2.45) is 29.6 Å².